The molecular formula is C18H25N3O. The van der Waals surface area contributed by atoms with Crippen molar-refractivity contribution in [2.24, 2.45) is 5.92 Å². The molecule has 4 heteroatoms. The van der Waals surface area contributed by atoms with Crippen LogP contribution in [0.15, 0.2) is 34.9 Å². The summed E-state index contributed by atoms with van der Waals surface area (Å²) in [4.78, 5) is 4.52. The molecule has 1 N–H and O–H groups in total. The zero-order valence-corrected chi connectivity index (χ0v) is 13.6. The van der Waals surface area contributed by atoms with Gasteiger partial charge in [-0.2, -0.15) is 4.98 Å². The van der Waals surface area contributed by atoms with E-state index in [-0.39, 0.29) is 6.04 Å². The van der Waals surface area contributed by atoms with E-state index in [9.17, 15) is 0 Å². The minimum atomic E-state index is 0.0609. The van der Waals surface area contributed by atoms with E-state index in [1.165, 1.54) is 24.8 Å². The number of hydrogen-bond donors (Lipinski definition) is 1. The van der Waals surface area contributed by atoms with Crippen molar-refractivity contribution in [2.45, 2.75) is 58.0 Å². The first kappa shape index (κ1) is 15.2. The van der Waals surface area contributed by atoms with Crippen LogP contribution in [0.4, 0.5) is 0 Å². The fourth-order valence-electron chi connectivity index (χ4n) is 2.94. The lowest BCUT2D eigenvalue weighted by molar-refractivity contribution is 0.207. The first-order valence-corrected chi connectivity index (χ1v) is 8.29. The normalized spacial score (nSPS) is 18.2. The molecule has 2 aromatic rings. The average Bonchev–Trinajstić information content (AvgIpc) is 2.95. The Kier molecular flexibility index (Phi) is 4.57. The van der Waals surface area contributed by atoms with Crippen LogP contribution in [0.1, 0.15) is 75.3 Å². The molecule has 1 aliphatic carbocycles. The Morgan fingerprint density at radius 2 is 1.86 bits per heavy atom. The largest absolute Gasteiger partial charge is 0.338 e. The molecule has 1 fully saturated rings. The van der Waals surface area contributed by atoms with Crippen molar-refractivity contribution in [1.82, 2.24) is 15.5 Å². The molecule has 0 radical (unpaired) electrons. The Hall–Kier alpha value is -1.68. The van der Waals surface area contributed by atoms with E-state index in [1.807, 2.05) is 0 Å². The van der Waals surface area contributed by atoms with Gasteiger partial charge < -0.3 is 4.52 Å². The van der Waals surface area contributed by atoms with Crippen LogP contribution >= 0.6 is 0 Å². The predicted octanol–water partition coefficient (Wildman–Crippen LogP) is 4.39. The Morgan fingerprint density at radius 1 is 1.14 bits per heavy atom. The second-order valence-corrected chi connectivity index (χ2v) is 6.61. The van der Waals surface area contributed by atoms with Crippen LogP contribution in [-0.4, -0.2) is 10.1 Å². The van der Waals surface area contributed by atoms with Gasteiger partial charge in [0, 0.05) is 12.0 Å². The molecular weight excluding hydrogens is 274 g/mol. The summed E-state index contributed by atoms with van der Waals surface area (Å²) in [6, 6.07) is 11.1. The summed E-state index contributed by atoms with van der Waals surface area (Å²) in [5, 5.41) is 7.78. The number of nitrogens with zero attached hydrogens (tertiary/aromatic N) is 2. The fourth-order valence-corrected chi connectivity index (χ4v) is 2.94. The molecule has 0 saturated heterocycles. The summed E-state index contributed by atoms with van der Waals surface area (Å²) >= 11 is 0. The van der Waals surface area contributed by atoms with Gasteiger partial charge in [0.15, 0.2) is 5.82 Å². The minimum Gasteiger partial charge on any atom is -0.338 e. The second-order valence-electron chi connectivity index (χ2n) is 6.61. The van der Waals surface area contributed by atoms with Crippen molar-refractivity contribution in [3.8, 4) is 0 Å². The van der Waals surface area contributed by atoms with Gasteiger partial charge in [0.2, 0.25) is 5.89 Å². The zero-order chi connectivity index (χ0) is 15.5. The summed E-state index contributed by atoms with van der Waals surface area (Å²) in [7, 11) is 0. The molecule has 0 bridgehead atoms. The SMILES string of the molecule is CC(C)c1noc(C(C)NC(c2ccccc2)C2CCC2)n1. The van der Waals surface area contributed by atoms with E-state index >= 15 is 0 Å². The van der Waals surface area contributed by atoms with Gasteiger partial charge in [-0.3, -0.25) is 5.32 Å². The van der Waals surface area contributed by atoms with Crippen LogP contribution in [0, 0.1) is 5.92 Å². The summed E-state index contributed by atoms with van der Waals surface area (Å²) in [5.74, 6) is 2.46. The summed E-state index contributed by atoms with van der Waals surface area (Å²) in [5.41, 5.74) is 1.35. The molecule has 1 heterocycles. The van der Waals surface area contributed by atoms with Crippen molar-refractivity contribution in [3.05, 3.63) is 47.6 Å². The highest BCUT2D eigenvalue weighted by Crippen LogP contribution is 2.38. The van der Waals surface area contributed by atoms with Crippen LogP contribution in [-0.2, 0) is 0 Å². The Balaban J connectivity index is 1.74. The van der Waals surface area contributed by atoms with Gasteiger partial charge >= 0.3 is 0 Å². The summed E-state index contributed by atoms with van der Waals surface area (Å²) in [6.45, 7) is 6.26. The van der Waals surface area contributed by atoms with Crippen molar-refractivity contribution < 1.29 is 4.52 Å². The van der Waals surface area contributed by atoms with Gasteiger partial charge in [-0.05, 0) is 31.2 Å². The highest BCUT2D eigenvalue weighted by Gasteiger charge is 2.30. The van der Waals surface area contributed by atoms with Gasteiger partial charge in [-0.1, -0.05) is 55.8 Å². The molecule has 22 heavy (non-hydrogen) atoms. The van der Waals surface area contributed by atoms with E-state index in [1.54, 1.807) is 0 Å². The van der Waals surface area contributed by atoms with Crippen molar-refractivity contribution in [2.75, 3.05) is 0 Å². The maximum absolute atomic E-state index is 5.43. The smallest absolute Gasteiger partial charge is 0.243 e. The van der Waals surface area contributed by atoms with Gasteiger partial charge in [-0.15, -0.1) is 0 Å². The highest BCUT2D eigenvalue weighted by atomic mass is 16.5. The first-order valence-electron chi connectivity index (χ1n) is 8.29. The molecule has 2 atom stereocenters. The number of rotatable bonds is 6. The molecule has 1 aliphatic rings. The molecule has 1 aromatic heterocycles. The minimum absolute atomic E-state index is 0.0609. The molecule has 0 amide bonds. The highest BCUT2D eigenvalue weighted by molar-refractivity contribution is 5.20. The average molecular weight is 299 g/mol. The Morgan fingerprint density at radius 3 is 2.41 bits per heavy atom. The van der Waals surface area contributed by atoms with Crippen LogP contribution in [0.5, 0.6) is 0 Å². The monoisotopic (exact) mass is 299 g/mol. The van der Waals surface area contributed by atoms with E-state index in [2.05, 4.69) is 66.6 Å². The number of benzene rings is 1. The van der Waals surface area contributed by atoms with Crippen LogP contribution in [0.2, 0.25) is 0 Å². The third-order valence-corrected chi connectivity index (χ3v) is 4.55. The van der Waals surface area contributed by atoms with E-state index in [0.29, 0.717) is 23.8 Å². The Labute approximate surface area is 132 Å². The molecule has 0 spiro atoms. The standard InChI is InChI=1S/C18H25N3O/c1-12(2)17-20-18(22-21-17)13(3)19-16(15-10-7-11-15)14-8-5-4-6-9-14/h4-6,8-9,12-13,15-16,19H,7,10-11H2,1-3H3. The van der Waals surface area contributed by atoms with Crippen molar-refractivity contribution in [1.29, 1.82) is 0 Å². The quantitative estimate of drug-likeness (QED) is 0.859. The maximum atomic E-state index is 5.43. The third-order valence-electron chi connectivity index (χ3n) is 4.55. The molecule has 0 aliphatic heterocycles. The van der Waals surface area contributed by atoms with Gasteiger partial charge in [0.25, 0.3) is 0 Å². The summed E-state index contributed by atoms with van der Waals surface area (Å²) in [6.07, 6.45) is 3.92. The molecule has 1 saturated carbocycles. The van der Waals surface area contributed by atoms with Gasteiger partial charge in [0.1, 0.15) is 0 Å². The maximum Gasteiger partial charge on any atom is 0.243 e. The predicted molar refractivity (Wildman–Crippen MR) is 86.5 cm³/mol. The lowest BCUT2D eigenvalue weighted by Gasteiger charge is -2.36. The second kappa shape index (κ2) is 6.61. The van der Waals surface area contributed by atoms with Crippen molar-refractivity contribution >= 4 is 0 Å². The van der Waals surface area contributed by atoms with Crippen LogP contribution in [0.3, 0.4) is 0 Å². The van der Waals surface area contributed by atoms with Gasteiger partial charge in [-0.25, -0.2) is 0 Å². The third kappa shape index (κ3) is 3.22. The first-order chi connectivity index (χ1) is 10.6. The lowest BCUT2D eigenvalue weighted by atomic mass is 9.77. The molecule has 2 unspecified atom stereocenters. The number of aromatic nitrogens is 2. The summed E-state index contributed by atoms with van der Waals surface area (Å²) < 4.78 is 5.43. The van der Waals surface area contributed by atoms with Gasteiger partial charge in [0.05, 0.1) is 6.04 Å². The van der Waals surface area contributed by atoms with Crippen molar-refractivity contribution in [3.63, 3.8) is 0 Å². The van der Waals surface area contributed by atoms with Crippen LogP contribution < -0.4 is 5.32 Å². The van der Waals surface area contributed by atoms with E-state index < -0.39 is 0 Å². The molecule has 3 rings (SSSR count). The zero-order valence-electron chi connectivity index (χ0n) is 13.6. The lowest BCUT2D eigenvalue weighted by Crippen LogP contribution is -2.34. The molecule has 118 valence electrons. The van der Waals surface area contributed by atoms with Crippen LogP contribution in [0.25, 0.3) is 0 Å². The Bertz CT molecular complexity index is 589. The number of nitrogens with one attached hydrogen (secondary N) is 1. The fraction of sp³-hybridized carbons (Fsp3) is 0.556. The van der Waals surface area contributed by atoms with E-state index in [0.717, 1.165) is 5.82 Å². The number of hydrogen-bond acceptors (Lipinski definition) is 4. The molecule has 1 aromatic carbocycles. The van der Waals surface area contributed by atoms with E-state index in [4.69, 9.17) is 4.52 Å². The molecule has 4 nitrogen and oxygen atoms in total. The topological polar surface area (TPSA) is 51.0 Å².